The van der Waals surface area contributed by atoms with Gasteiger partial charge in [0.25, 0.3) is 0 Å². The summed E-state index contributed by atoms with van der Waals surface area (Å²) in [5.41, 5.74) is 1.75. The first kappa shape index (κ1) is 13.4. The number of urea groups is 1. The lowest BCUT2D eigenvalue weighted by molar-refractivity contribution is 0.179. The first-order valence-corrected chi connectivity index (χ1v) is 5.57. The Morgan fingerprint density at radius 1 is 1.59 bits per heavy atom. The van der Waals surface area contributed by atoms with E-state index in [1.165, 1.54) is 0 Å². The van der Waals surface area contributed by atoms with Crippen LogP contribution in [0.15, 0.2) is 18.5 Å². The fourth-order valence-corrected chi connectivity index (χ4v) is 1.35. The van der Waals surface area contributed by atoms with E-state index >= 15 is 0 Å². The highest BCUT2D eigenvalue weighted by atomic mass is 16.5. The van der Waals surface area contributed by atoms with Crippen molar-refractivity contribution >= 4 is 11.7 Å². The van der Waals surface area contributed by atoms with Gasteiger partial charge in [-0.25, -0.2) is 4.79 Å². The first-order valence-electron chi connectivity index (χ1n) is 5.57. The van der Waals surface area contributed by atoms with Gasteiger partial charge in [-0.2, -0.15) is 0 Å². The number of hydrogen-bond donors (Lipinski definition) is 1. The highest BCUT2D eigenvalue weighted by Gasteiger charge is 2.09. The Balaban J connectivity index is 2.46. The van der Waals surface area contributed by atoms with Crippen LogP contribution in [0.25, 0.3) is 0 Å². The lowest BCUT2D eigenvalue weighted by Crippen LogP contribution is -2.32. The van der Waals surface area contributed by atoms with Crippen molar-refractivity contribution in [2.45, 2.75) is 13.3 Å². The lowest BCUT2D eigenvalue weighted by atomic mass is 10.2. The minimum Gasteiger partial charge on any atom is -0.385 e. The summed E-state index contributed by atoms with van der Waals surface area (Å²) in [4.78, 5) is 17.4. The van der Waals surface area contributed by atoms with E-state index in [4.69, 9.17) is 4.74 Å². The number of nitrogens with zero attached hydrogens (tertiary/aromatic N) is 2. The summed E-state index contributed by atoms with van der Waals surface area (Å²) in [6.07, 6.45) is 4.18. The highest BCUT2D eigenvalue weighted by Crippen LogP contribution is 2.11. The molecule has 0 aliphatic heterocycles. The van der Waals surface area contributed by atoms with Crippen LogP contribution >= 0.6 is 0 Å². The molecule has 0 aromatic carbocycles. The minimum absolute atomic E-state index is 0.128. The van der Waals surface area contributed by atoms with Gasteiger partial charge >= 0.3 is 6.03 Å². The molecule has 5 heteroatoms. The summed E-state index contributed by atoms with van der Waals surface area (Å²) < 4.78 is 4.94. The van der Waals surface area contributed by atoms with E-state index < -0.39 is 0 Å². The van der Waals surface area contributed by atoms with Crippen LogP contribution in [0.2, 0.25) is 0 Å². The Morgan fingerprint density at radius 3 is 3.00 bits per heavy atom. The van der Waals surface area contributed by atoms with Crippen LogP contribution in [0.3, 0.4) is 0 Å². The molecular weight excluding hydrogens is 218 g/mol. The number of anilines is 1. The minimum atomic E-state index is -0.128. The molecule has 0 spiro atoms. The molecule has 1 rings (SSSR count). The van der Waals surface area contributed by atoms with Gasteiger partial charge in [0.1, 0.15) is 0 Å². The van der Waals surface area contributed by atoms with Gasteiger partial charge < -0.3 is 15.0 Å². The Bertz CT molecular complexity index is 369. The Morgan fingerprint density at radius 2 is 2.35 bits per heavy atom. The zero-order valence-corrected chi connectivity index (χ0v) is 10.6. The van der Waals surface area contributed by atoms with E-state index in [9.17, 15) is 4.79 Å². The van der Waals surface area contributed by atoms with E-state index in [1.807, 2.05) is 13.0 Å². The normalized spacial score (nSPS) is 10.1. The van der Waals surface area contributed by atoms with Gasteiger partial charge in [0.15, 0.2) is 0 Å². The van der Waals surface area contributed by atoms with Crippen molar-refractivity contribution in [3.8, 4) is 0 Å². The molecule has 17 heavy (non-hydrogen) atoms. The topological polar surface area (TPSA) is 54.5 Å². The van der Waals surface area contributed by atoms with Crippen LogP contribution in [0.1, 0.15) is 12.0 Å². The number of aryl methyl sites for hydroxylation is 1. The van der Waals surface area contributed by atoms with Crippen LogP contribution in [-0.4, -0.2) is 43.2 Å². The molecule has 0 saturated heterocycles. The largest absolute Gasteiger partial charge is 0.385 e. The second-order valence-corrected chi connectivity index (χ2v) is 3.89. The number of rotatable bonds is 5. The van der Waals surface area contributed by atoms with Crippen LogP contribution in [-0.2, 0) is 4.74 Å². The number of ether oxygens (including phenoxy) is 1. The molecular formula is C12H19N3O2. The third-order valence-electron chi connectivity index (χ3n) is 2.47. The summed E-state index contributed by atoms with van der Waals surface area (Å²) >= 11 is 0. The smallest absolute Gasteiger partial charge is 0.321 e. The lowest BCUT2D eigenvalue weighted by Gasteiger charge is -2.18. The van der Waals surface area contributed by atoms with Gasteiger partial charge in [-0.3, -0.25) is 4.98 Å². The van der Waals surface area contributed by atoms with E-state index in [-0.39, 0.29) is 6.03 Å². The summed E-state index contributed by atoms with van der Waals surface area (Å²) in [5.74, 6) is 0. The number of amides is 2. The van der Waals surface area contributed by atoms with Crippen molar-refractivity contribution in [3.05, 3.63) is 24.0 Å². The average Bonchev–Trinajstić information content (AvgIpc) is 2.32. The molecule has 1 N–H and O–H groups in total. The standard InChI is InChI=1S/C12H19N3O2/c1-10-5-6-13-9-11(10)14-12(16)15(2)7-4-8-17-3/h5-6,9H,4,7-8H2,1-3H3,(H,14,16). The van der Waals surface area contributed by atoms with E-state index in [2.05, 4.69) is 10.3 Å². The molecule has 5 nitrogen and oxygen atoms in total. The van der Waals surface area contributed by atoms with Gasteiger partial charge in [0.05, 0.1) is 11.9 Å². The van der Waals surface area contributed by atoms with Gasteiger partial charge in [-0.05, 0) is 25.0 Å². The molecule has 1 aromatic heterocycles. The maximum Gasteiger partial charge on any atom is 0.321 e. The quantitative estimate of drug-likeness (QED) is 0.796. The number of nitrogens with one attached hydrogen (secondary N) is 1. The van der Waals surface area contributed by atoms with Crippen LogP contribution in [0.5, 0.6) is 0 Å². The predicted octanol–water partition coefficient (Wildman–Crippen LogP) is 1.89. The molecule has 0 unspecified atom stereocenters. The van der Waals surface area contributed by atoms with Crippen LogP contribution < -0.4 is 5.32 Å². The molecule has 0 aliphatic rings. The molecule has 1 aromatic rings. The fraction of sp³-hybridized carbons (Fsp3) is 0.500. The number of aromatic nitrogens is 1. The Labute approximate surface area is 102 Å². The van der Waals surface area contributed by atoms with Crippen molar-refractivity contribution < 1.29 is 9.53 Å². The second-order valence-electron chi connectivity index (χ2n) is 3.89. The van der Waals surface area contributed by atoms with E-state index in [0.717, 1.165) is 17.7 Å². The Kier molecular flexibility index (Phi) is 5.42. The van der Waals surface area contributed by atoms with Gasteiger partial charge in [-0.15, -0.1) is 0 Å². The molecule has 94 valence electrons. The van der Waals surface area contributed by atoms with Crippen molar-refractivity contribution in [1.82, 2.24) is 9.88 Å². The monoisotopic (exact) mass is 237 g/mol. The predicted molar refractivity (Wildman–Crippen MR) is 67.1 cm³/mol. The average molecular weight is 237 g/mol. The summed E-state index contributed by atoms with van der Waals surface area (Å²) in [6, 6.07) is 1.73. The second kappa shape index (κ2) is 6.85. The maximum absolute atomic E-state index is 11.8. The third-order valence-corrected chi connectivity index (χ3v) is 2.47. The maximum atomic E-state index is 11.8. The summed E-state index contributed by atoms with van der Waals surface area (Å²) in [6.45, 7) is 3.25. The highest BCUT2D eigenvalue weighted by molar-refractivity contribution is 5.89. The number of methoxy groups -OCH3 is 1. The zero-order chi connectivity index (χ0) is 12.7. The molecule has 0 radical (unpaired) electrons. The van der Waals surface area contributed by atoms with Crippen molar-refractivity contribution in [3.63, 3.8) is 0 Å². The van der Waals surface area contributed by atoms with Crippen molar-refractivity contribution in [2.24, 2.45) is 0 Å². The number of pyridine rings is 1. The Hall–Kier alpha value is -1.62. The number of carbonyl (C=O) groups is 1. The number of hydrogen-bond acceptors (Lipinski definition) is 3. The molecule has 1 heterocycles. The van der Waals surface area contributed by atoms with Gasteiger partial charge in [-0.1, -0.05) is 0 Å². The third kappa shape index (κ3) is 4.40. The van der Waals surface area contributed by atoms with Gasteiger partial charge in [0, 0.05) is 33.5 Å². The molecule has 0 atom stereocenters. The van der Waals surface area contributed by atoms with E-state index in [1.54, 1.807) is 31.5 Å². The van der Waals surface area contributed by atoms with Crippen molar-refractivity contribution in [2.75, 3.05) is 32.6 Å². The zero-order valence-electron chi connectivity index (χ0n) is 10.6. The molecule has 0 bridgehead atoms. The fourth-order valence-electron chi connectivity index (χ4n) is 1.35. The van der Waals surface area contributed by atoms with Crippen LogP contribution in [0, 0.1) is 6.92 Å². The molecule has 0 aliphatic carbocycles. The van der Waals surface area contributed by atoms with Gasteiger partial charge in [0.2, 0.25) is 0 Å². The molecule has 0 saturated carbocycles. The first-order chi connectivity index (χ1) is 8.15. The number of carbonyl (C=O) groups excluding carboxylic acids is 1. The summed E-state index contributed by atoms with van der Waals surface area (Å²) in [7, 11) is 3.41. The molecule has 2 amide bonds. The summed E-state index contributed by atoms with van der Waals surface area (Å²) in [5, 5.41) is 2.82. The SMILES string of the molecule is COCCCN(C)C(=O)Nc1cnccc1C. The molecule has 0 fully saturated rings. The van der Waals surface area contributed by atoms with E-state index in [0.29, 0.717) is 13.2 Å². The van der Waals surface area contributed by atoms with Crippen molar-refractivity contribution in [1.29, 1.82) is 0 Å². The van der Waals surface area contributed by atoms with Crippen LogP contribution in [0.4, 0.5) is 10.5 Å².